The molecule has 0 saturated carbocycles. The Morgan fingerprint density at radius 3 is 2.88 bits per heavy atom. The van der Waals surface area contributed by atoms with Crippen molar-refractivity contribution >= 4 is 21.6 Å². The van der Waals surface area contributed by atoms with Gasteiger partial charge in [0.1, 0.15) is 0 Å². The van der Waals surface area contributed by atoms with Crippen molar-refractivity contribution in [2.24, 2.45) is 0 Å². The SMILES string of the molecule is CCCn1nccc1CNc1ccccc1Br. The minimum absolute atomic E-state index is 0.794. The predicted octanol–water partition coefficient (Wildman–Crippen LogP) is 3.67. The Balaban J connectivity index is 2.02. The van der Waals surface area contributed by atoms with E-state index in [9.17, 15) is 0 Å². The van der Waals surface area contributed by atoms with Gasteiger partial charge in [-0.3, -0.25) is 4.68 Å². The van der Waals surface area contributed by atoms with Gasteiger partial charge in [-0.05, 0) is 40.5 Å². The standard InChI is InChI=1S/C13H16BrN3/c1-2-9-17-11(7-8-16-17)10-15-13-6-4-3-5-12(13)14/h3-8,15H,2,9-10H2,1H3. The Morgan fingerprint density at radius 2 is 2.12 bits per heavy atom. The molecule has 0 radical (unpaired) electrons. The molecule has 0 unspecified atom stereocenters. The fraction of sp³-hybridized carbons (Fsp3) is 0.308. The lowest BCUT2D eigenvalue weighted by atomic mass is 10.3. The average molecular weight is 294 g/mol. The summed E-state index contributed by atoms with van der Waals surface area (Å²) in [7, 11) is 0. The second-order valence-electron chi connectivity index (χ2n) is 3.88. The van der Waals surface area contributed by atoms with E-state index >= 15 is 0 Å². The van der Waals surface area contributed by atoms with Crippen LogP contribution in [-0.2, 0) is 13.1 Å². The normalized spacial score (nSPS) is 10.5. The Kier molecular flexibility index (Phi) is 4.20. The van der Waals surface area contributed by atoms with Crippen LogP contribution in [0.1, 0.15) is 19.0 Å². The zero-order valence-electron chi connectivity index (χ0n) is 9.86. The van der Waals surface area contributed by atoms with Gasteiger partial charge in [-0.1, -0.05) is 19.1 Å². The molecule has 0 saturated heterocycles. The molecule has 0 atom stereocenters. The molecule has 1 N–H and O–H groups in total. The van der Waals surface area contributed by atoms with Crippen molar-refractivity contribution in [3.63, 3.8) is 0 Å². The van der Waals surface area contributed by atoms with Crippen molar-refractivity contribution in [1.29, 1.82) is 0 Å². The molecule has 0 aliphatic heterocycles. The molecule has 3 nitrogen and oxygen atoms in total. The first-order chi connectivity index (χ1) is 8.31. The molecule has 0 spiro atoms. The lowest BCUT2D eigenvalue weighted by molar-refractivity contribution is 0.578. The first-order valence-corrected chi connectivity index (χ1v) is 6.59. The van der Waals surface area contributed by atoms with Crippen LogP contribution in [0.4, 0.5) is 5.69 Å². The highest BCUT2D eigenvalue weighted by Gasteiger charge is 2.02. The highest BCUT2D eigenvalue weighted by atomic mass is 79.9. The molecule has 0 aliphatic rings. The van der Waals surface area contributed by atoms with Gasteiger partial charge in [0.05, 0.1) is 12.2 Å². The van der Waals surface area contributed by atoms with Crippen LogP contribution in [0.25, 0.3) is 0 Å². The van der Waals surface area contributed by atoms with E-state index in [0.29, 0.717) is 0 Å². The Hall–Kier alpha value is -1.29. The minimum Gasteiger partial charge on any atom is -0.378 e. The third-order valence-electron chi connectivity index (χ3n) is 2.57. The van der Waals surface area contributed by atoms with Crippen LogP contribution in [0, 0.1) is 0 Å². The van der Waals surface area contributed by atoms with E-state index in [2.05, 4.69) is 45.4 Å². The second kappa shape index (κ2) is 5.87. The Labute approximate surface area is 110 Å². The largest absolute Gasteiger partial charge is 0.378 e. The molecule has 1 aromatic heterocycles. The van der Waals surface area contributed by atoms with E-state index in [1.807, 2.05) is 29.1 Å². The number of benzene rings is 1. The van der Waals surface area contributed by atoms with E-state index in [1.54, 1.807) is 0 Å². The lowest BCUT2D eigenvalue weighted by Gasteiger charge is -2.10. The Bertz CT molecular complexity index is 479. The zero-order chi connectivity index (χ0) is 12.1. The van der Waals surface area contributed by atoms with Crippen molar-refractivity contribution in [3.8, 4) is 0 Å². The van der Waals surface area contributed by atoms with Crippen molar-refractivity contribution in [2.75, 3.05) is 5.32 Å². The first kappa shape index (κ1) is 12.2. The fourth-order valence-electron chi connectivity index (χ4n) is 1.71. The van der Waals surface area contributed by atoms with Crippen molar-refractivity contribution in [1.82, 2.24) is 9.78 Å². The summed E-state index contributed by atoms with van der Waals surface area (Å²) in [6.45, 7) is 3.93. The summed E-state index contributed by atoms with van der Waals surface area (Å²) < 4.78 is 3.13. The average Bonchev–Trinajstić information content (AvgIpc) is 2.76. The maximum atomic E-state index is 4.31. The summed E-state index contributed by atoms with van der Waals surface area (Å²) in [6.07, 6.45) is 2.95. The topological polar surface area (TPSA) is 29.9 Å². The highest BCUT2D eigenvalue weighted by Crippen LogP contribution is 2.21. The van der Waals surface area contributed by atoms with Crippen molar-refractivity contribution < 1.29 is 0 Å². The molecule has 1 heterocycles. The van der Waals surface area contributed by atoms with Gasteiger partial charge < -0.3 is 5.32 Å². The van der Waals surface area contributed by atoms with Crippen LogP contribution in [0.2, 0.25) is 0 Å². The fourth-order valence-corrected chi connectivity index (χ4v) is 2.14. The number of anilines is 1. The molecule has 2 rings (SSSR count). The summed E-state index contributed by atoms with van der Waals surface area (Å²) in [5.41, 5.74) is 2.32. The van der Waals surface area contributed by atoms with Gasteiger partial charge in [0.25, 0.3) is 0 Å². The predicted molar refractivity (Wildman–Crippen MR) is 74.0 cm³/mol. The quantitative estimate of drug-likeness (QED) is 0.912. The van der Waals surface area contributed by atoms with Gasteiger partial charge in [-0.2, -0.15) is 5.10 Å². The molecule has 0 fully saturated rings. The highest BCUT2D eigenvalue weighted by molar-refractivity contribution is 9.10. The maximum absolute atomic E-state index is 4.31. The Morgan fingerprint density at radius 1 is 1.29 bits per heavy atom. The first-order valence-electron chi connectivity index (χ1n) is 5.80. The molecule has 17 heavy (non-hydrogen) atoms. The monoisotopic (exact) mass is 293 g/mol. The number of nitrogens with one attached hydrogen (secondary N) is 1. The molecule has 0 bridgehead atoms. The third kappa shape index (κ3) is 3.09. The summed E-state index contributed by atoms with van der Waals surface area (Å²) in [5, 5.41) is 7.71. The number of hydrogen-bond donors (Lipinski definition) is 1. The van der Waals surface area contributed by atoms with Gasteiger partial charge in [-0.25, -0.2) is 0 Å². The smallest absolute Gasteiger partial charge is 0.0575 e. The van der Waals surface area contributed by atoms with Gasteiger partial charge in [0.15, 0.2) is 0 Å². The van der Waals surface area contributed by atoms with Gasteiger partial charge in [0, 0.05) is 22.9 Å². The van der Waals surface area contributed by atoms with Crippen molar-refractivity contribution in [3.05, 3.63) is 46.7 Å². The van der Waals surface area contributed by atoms with E-state index in [1.165, 1.54) is 5.69 Å². The van der Waals surface area contributed by atoms with Crippen LogP contribution in [0.5, 0.6) is 0 Å². The number of nitrogens with zero attached hydrogens (tertiary/aromatic N) is 2. The molecule has 0 amide bonds. The number of aryl methyl sites for hydroxylation is 1. The van der Waals surface area contributed by atoms with Crippen LogP contribution in [0.3, 0.4) is 0 Å². The lowest BCUT2D eigenvalue weighted by Crippen LogP contribution is -2.09. The van der Waals surface area contributed by atoms with Crippen molar-refractivity contribution in [2.45, 2.75) is 26.4 Å². The van der Waals surface area contributed by atoms with Gasteiger partial charge >= 0.3 is 0 Å². The third-order valence-corrected chi connectivity index (χ3v) is 3.27. The summed E-state index contributed by atoms with van der Waals surface area (Å²) >= 11 is 3.52. The number of aromatic nitrogens is 2. The summed E-state index contributed by atoms with van der Waals surface area (Å²) in [5.74, 6) is 0. The number of hydrogen-bond acceptors (Lipinski definition) is 2. The van der Waals surface area contributed by atoms with Crippen LogP contribution in [-0.4, -0.2) is 9.78 Å². The second-order valence-corrected chi connectivity index (χ2v) is 4.73. The molecule has 4 heteroatoms. The van der Waals surface area contributed by atoms with Crippen LogP contribution >= 0.6 is 15.9 Å². The molecule has 2 aromatic rings. The van der Waals surface area contributed by atoms with Gasteiger partial charge in [0.2, 0.25) is 0 Å². The van der Waals surface area contributed by atoms with E-state index in [0.717, 1.165) is 29.7 Å². The van der Waals surface area contributed by atoms with E-state index in [4.69, 9.17) is 0 Å². The number of para-hydroxylation sites is 1. The maximum Gasteiger partial charge on any atom is 0.0575 e. The molecular formula is C13H16BrN3. The minimum atomic E-state index is 0.794. The van der Waals surface area contributed by atoms with Gasteiger partial charge in [-0.15, -0.1) is 0 Å². The molecular weight excluding hydrogens is 278 g/mol. The molecule has 90 valence electrons. The molecule has 0 aliphatic carbocycles. The zero-order valence-corrected chi connectivity index (χ0v) is 11.4. The number of rotatable bonds is 5. The summed E-state index contributed by atoms with van der Waals surface area (Å²) in [4.78, 5) is 0. The summed E-state index contributed by atoms with van der Waals surface area (Å²) in [6, 6.07) is 10.2. The van der Waals surface area contributed by atoms with Crippen LogP contribution in [0.15, 0.2) is 41.0 Å². The number of halogens is 1. The molecule has 1 aromatic carbocycles. The van der Waals surface area contributed by atoms with Crippen LogP contribution < -0.4 is 5.32 Å². The van der Waals surface area contributed by atoms with E-state index in [-0.39, 0.29) is 0 Å². The van der Waals surface area contributed by atoms with E-state index < -0.39 is 0 Å².